The van der Waals surface area contributed by atoms with E-state index in [2.05, 4.69) is 13.8 Å². The quantitative estimate of drug-likeness (QED) is 0.818. The van der Waals surface area contributed by atoms with Gasteiger partial charge in [-0.3, -0.25) is 4.79 Å². The van der Waals surface area contributed by atoms with Crippen LogP contribution in [0.25, 0.3) is 0 Å². The molecule has 1 aliphatic rings. The summed E-state index contributed by atoms with van der Waals surface area (Å²) in [5.41, 5.74) is 0. The maximum absolute atomic E-state index is 11.9. The largest absolute Gasteiger partial charge is 0.395 e. The highest BCUT2D eigenvalue weighted by atomic mass is 32.2. The first kappa shape index (κ1) is 13.8. The SMILES string of the molecule is CC1CC(C)CN(C(=O)CSC(C)CO)C1. The second-order valence-electron chi connectivity index (χ2n) is 5.05. The topological polar surface area (TPSA) is 40.5 Å². The van der Waals surface area contributed by atoms with Crippen LogP contribution in [0.15, 0.2) is 0 Å². The molecule has 0 spiro atoms. The van der Waals surface area contributed by atoms with Gasteiger partial charge in [0.1, 0.15) is 0 Å². The second kappa shape index (κ2) is 6.50. The molecule has 0 aromatic carbocycles. The summed E-state index contributed by atoms with van der Waals surface area (Å²) in [4.78, 5) is 13.9. The number of piperidine rings is 1. The third kappa shape index (κ3) is 4.34. The Morgan fingerprint density at radius 3 is 2.50 bits per heavy atom. The number of aliphatic hydroxyl groups is 1. The summed E-state index contributed by atoms with van der Waals surface area (Å²) in [7, 11) is 0. The molecule has 0 aliphatic carbocycles. The molecule has 1 rings (SSSR count). The van der Waals surface area contributed by atoms with Crippen molar-refractivity contribution in [1.29, 1.82) is 0 Å². The van der Waals surface area contributed by atoms with Crippen molar-refractivity contribution in [3.8, 4) is 0 Å². The maximum Gasteiger partial charge on any atom is 0.232 e. The van der Waals surface area contributed by atoms with Crippen molar-refractivity contribution in [2.24, 2.45) is 11.8 Å². The van der Waals surface area contributed by atoms with Gasteiger partial charge in [0.25, 0.3) is 0 Å². The summed E-state index contributed by atoms with van der Waals surface area (Å²) in [6.07, 6.45) is 1.23. The number of nitrogens with zero attached hydrogens (tertiary/aromatic N) is 1. The third-order valence-corrected chi connectivity index (χ3v) is 4.10. The Kier molecular flexibility index (Phi) is 5.62. The van der Waals surface area contributed by atoms with E-state index in [1.54, 1.807) is 0 Å². The van der Waals surface area contributed by atoms with Crippen molar-refractivity contribution in [2.75, 3.05) is 25.4 Å². The Labute approximate surface area is 103 Å². The van der Waals surface area contributed by atoms with Crippen LogP contribution in [0.2, 0.25) is 0 Å². The van der Waals surface area contributed by atoms with Gasteiger partial charge in [-0.25, -0.2) is 0 Å². The lowest BCUT2D eigenvalue weighted by atomic mass is 9.92. The fraction of sp³-hybridized carbons (Fsp3) is 0.917. The Bertz CT molecular complexity index is 225. The van der Waals surface area contributed by atoms with Crippen LogP contribution in [0.5, 0.6) is 0 Å². The van der Waals surface area contributed by atoms with Crippen LogP contribution in [-0.2, 0) is 4.79 Å². The molecule has 1 saturated heterocycles. The molecule has 0 radical (unpaired) electrons. The van der Waals surface area contributed by atoms with Gasteiger partial charge in [0, 0.05) is 18.3 Å². The van der Waals surface area contributed by atoms with E-state index in [4.69, 9.17) is 5.11 Å². The lowest BCUT2D eigenvalue weighted by Gasteiger charge is -2.35. The normalized spacial score (nSPS) is 27.9. The van der Waals surface area contributed by atoms with E-state index < -0.39 is 0 Å². The summed E-state index contributed by atoms with van der Waals surface area (Å²) in [6, 6.07) is 0. The van der Waals surface area contributed by atoms with Crippen molar-refractivity contribution in [2.45, 2.75) is 32.4 Å². The molecule has 0 aromatic heterocycles. The summed E-state index contributed by atoms with van der Waals surface area (Å²) in [5, 5.41) is 9.05. The number of likely N-dealkylation sites (tertiary alicyclic amines) is 1. The lowest BCUT2D eigenvalue weighted by molar-refractivity contribution is -0.130. The fourth-order valence-corrected chi connectivity index (χ4v) is 2.94. The van der Waals surface area contributed by atoms with Gasteiger partial charge in [-0.15, -0.1) is 11.8 Å². The van der Waals surface area contributed by atoms with Crippen molar-refractivity contribution in [1.82, 2.24) is 4.90 Å². The van der Waals surface area contributed by atoms with Gasteiger partial charge in [-0.1, -0.05) is 20.8 Å². The molecule has 0 bridgehead atoms. The van der Waals surface area contributed by atoms with Gasteiger partial charge >= 0.3 is 0 Å². The number of hydrogen-bond donors (Lipinski definition) is 1. The van der Waals surface area contributed by atoms with E-state index in [0.29, 0.717) is 17.6 Å². The number of carbonyl (C=O) groups excluding carboxylic acids is 1. The second-order valence-corrected chi connectivity index (χ2v) is 6.48. The van der Waals surface area contributed by atoms with Crippen LogP contribution in [0.1, 0.15) is 27.2 Å². The van der Waals surface area contributed by atoms with E-state index in [0.717, 1.165) is 13.1 Å². The van der Waals surface area contributed by atoms with Crippen LogP contribution < -0.4 is 0 Å². The van der Waals surface area contributed by atoms with Crippen LogP contribution in [-0.4, -0.2) is 46.6 Å². The standard InChI is InChI=1S/C12H23NO2S/c1-9-4-10(2)6-13(5-9)12(15)8-16-11(3)7-14/h9-11,14H,4-8H2,1-3H3. The number of rotatable bonds is 4. The summed E-state index contributed by atoms with van der Waals surface area (Å²) in [5.74, 6) is 1.96. The van der Waals surface area contributed by atoms with Crippen molar-refractivity contribution in [3.63, 3.8) is 0 Å². The zero-order valence-corrected chi connectivity index (χ0v) is 11.3. The fourth-order valence-electron chi connectivity index (χ4n) is 2.22. The van der Waals surface area contributed by atoms with Crippen LogP contribution in [0, 0.1) is 11.8 Å². The molecule has 3 nitrogen and oxygen atoms in total. The van der Waals surface area contributed by atoms with Crippen LogP contribution in [0.3, 0.4) is 0 Å². The van der Waals surface area contributed by atoms with E-state index in [1.165, 1.54) is 18.2 Å². The lowest BCUT2D eigenvalue weighted by Crippen LogP contribution is -2.43. The Morgan fingerprint density at radius 1 is 1.44 bits per heavy atom. The molecule has 4 heteroatoms. The molecule has 3 unspecified atom stereocenters. The van der Waals surface area contributed by atoms with Gasteiger partial charge < -0.3 is 10.0 Å². The molecule has 1 amide bonds. The highest BCUT2D eigenvalue weighted by molar-refractivity contribution is 8.00. The zero-order chi connectivity index (χ0) is 12.1. The molecule has 0 saturated carbocycles. The summed E-state index contributed by atoms with van der Waals surface area (Å²) in [6.45, 7) is 8.30. The predicted molar refractivity (Wildman–Crippen MR) is 68.5 cm³/mol. The number of aliphatic hydroxyl groups excluding tert-OH is 1. The average Bonchev–Trinajstić information content (AvgIpc) is 2.23. The van der Waals surface area contributed by atoms with Gasteiger partial charge in [0.15, 0.2) is 0 Å². The molecule has 16 heavy (non-hydrogen) atoms. The molecular formula is C12H23NO2S. The van der Waals surface area contributed by atoms with Crippen LogP contribution in [0.4, 0.5) is 0 Å². The van der Waals surface area contributed by atoms with Crippen molar-refractivity contribution in [3.05, 3.63) is 0 Å². The molecular weight excluding hydrogens is 222 g/mol. The van der Waals surface area contributed by atoms with Crippen LogP contribution >= 0.6 is 11.8 Å². The van der Waals surface area contributed by atoms with Gasteiger partial charge in [0.05, 0.1) is 12.4 Å². The number of amides is 1. The number of carbonyl (C=O) groups is 1. The molecule has 1 fully saturated rings. The first-order chi connectivity index (χ1) is 7.52. The monoisotopic (exact) mass is 245 g/mol. The number of thioether (sulfide) groups is 1. The van der Waals surface area contributed by atoms with E-state index in [9.17, 15) is 4.79 Å². The molecule has 1 aliphatic heterocycles. The molecule has 0 aromatic rings. The first-order valence-electron chi connectivity index (χ1n) is 6.03. The summed E-state index contributed by atoms with van der Waals surface area (Å²) < 4.78 is 0. The van der Waals surface area contributed by atoms with Crippen molar-refractivity contribution < 1.29 is 9.90 Å². The predicted octanol–water partition coefficient (Wildman–Crippen LogP) is 1.60. The minimum absolute atomic E-state index is 0.144. The van der Waals surface area contributed by atoms with E-state index in [1.807, 2.05) is 11.8 Å². The Morgan fingerprint density at radius 2 is 2.00 bits per heavy atom. The average molecular weight is 245 g/mol. The maximum atomic E-state index is 11.9. The van der Waals surface area contributed by atoms with Gasteiger partial charge in [0.2, 0.25) is 5.91 Å². The smallest absolute Gasteiger partial charge is 0.232 e. The van der Waals surface area contributed by atoms with Gasteiger partial charge in [-0.2, -0.15) is 0 Å². The highest BCUT2D eigenvalue weighted by Gasteiger charge is 2.25. The molecule has 3 atom stereocenters. The molecule has 1 N–H and O–H groups in total. The Hall–Kier alpha value is -0.220. The number of hydrogen-bond acceptors (Lipinski definition) is 3. The van der Waals surface area contributed by atoms with Gasteiger partial charge in [-0.05, 0) is 18.3 Å². The molecule has 94 valence electrons. The minimum Gasteiger partial charge on any atom is -0.395 e. The summed E-state index contributed by atoms with van der Waals surface area (Å²) >= 11 is 1.54. The highest BCUT2D eigenvalue weighted by Crippen LogP contribution is 2.22. The first-order valence-corrected chi connectivity index (χ1v) is 7.08. The van der Waals surface area contributed by atoms with E-state index >= 15 is 0 Å². The van der Waals surface area contributed by atoms with E-state index in [-0.39, 0.29) is 17.8 Å². The third-order valence-electron chi connectivity index (χ3n) is 2.97. The molecule has 1 heterocycles. The minimum atomic E-state index is 0.144. The zero-order valence-electron chi connectivity index (χ0n) is 10.5. The Balaban J connectivity index is 2.35. The van der Waals surface area contributed by atoms with Crippen molar-refractivity contribution >= 4 is 17.7 Å².